The van der Waals surface area contributed by atoms with Gasteiger partial charge in [-0.1, -0.05) is 6.07 Å². The topological polar surface area (TPSA) is 46.6 Å². The molecule has 20 heavy (non-hydrogen) atoms. The van der Waals surface area contributed by atoms with Gasteiger partial charge in [-0.2, -0.15) is 0 Å². The minimum atomic E-state index is -0.375. The van der Waals surface area contributed by atoms with Crippen molar-refractivity contribution in [3.8, 4) is 0 Å². The lowest BCUT2D eigenvalue weighted by molar-refractivity contribution is -0.146. The van der Waals surface area contributed by atoms with Crippen LogP contribution in [0.2, 0.25) is 0 Å². The molecule has 1 saturated heterocycles. The van der Waals surface area contributed by atoms with Gasteiger partial charge in [-0.3, -0.25) is 9.59 Å². The summed E-state index contributed by atoms with van der Waals surface area (Å²) in [5.41, 5.74) is 0.871. The number of esters is 1. The number of hydrogen-bond acceptors (Lipinski definition) is 3. The Morgan fingerprint density at radius 1 is 1.30 bits per heavy atom. The minimum Gasteiger partial charge on any atom is -0.469 e. The van der Waals surface area contributed by atoms with Gasteiger partial charge in [0.1, 0.15) is 5.82 Å². The van der Waals surface area contributed by atoms with E-state index in [2.05, 4.69) is 0 Å². The fraction of sp³-hybridized carbons (Fsp3) is 0.467. The molecule has 1 amide bonds. The van der Waals surface area contributed by atoms with Gasteiger partial charge in [-0.25, -0.2) is 4.39 Å². The lowest BCUT2D eigenvalue weighted by Crippen LogP contribution is -2.40. The summed E-state index contributed by atoms with van der Waals surface area (Å²) in [5.74, 6) is -0.926. The monoisotopic (exact) mass is 279 g/mol. The highest BCUT2D eigenvalue weighted by Gasteiger charge is 2.28. The summed E-state index contributed by atoms with van der Waals surface area (Å²) in [7, 11) is 1.37. The van der Waals surface area contributed by atoms with Crippen LogP contribution in [-0.2, 0) is 9.53 Å². The molecule has 1 aromatic carbocycles. The number of hydrogen-bond donors (Lipinski definition) is 0. The van der Waals surface area contributed by atoms with Crippen LogP contribution in [0.1, 0.15) is 28.8 Å². The Morgan fingerprint density at radius 2 is 1.95 bits per heavy atom. The second kappa shape index (κ2) is 6.03. The maximum Gasteiger partial charge on any atom is 0.308 e. The van der Waals surface area contributed by atoms with Crippen molar-refractivity contribution in [1.82, 2.24) is 4.90 Å². The molecule has 0 N–H and O–H groups in total. The summed E-state index contributed by atoms with van der Waals surface area (Å²) in [5, 5.41) is 0. The normalized spacial score (nSPS) is 16.1. The van der Waals surface area contributed by atoms with Gasteiger partial charge < -0.3 is 9.64 Å². The zero-order chi connectivity index (χ0) is 14.7. The number of benzene rings is 1. The fourth-order valence-electron chi connectivity index (χ4n) is 2.39. The Morgan fingerprint density at radius 3 is 2.50 bits per heavy atom. The van der Waals surface area contributed by atoms with Crippen LogP contribution in [0.25, 0.3) is 0 Å². The molecular formula is C15H18FNO3. The van der Waals surface area contributed by atoms with Crippen LogP contribution < -0.4 is 0 Å². The van der Waals surface area contributed by atoms with Crippen LogP contribution in [0.5, 0.6) is 0 Å². The van der Waals surface area contributed by atoms with E-state index in [4.69, 9.17) is 4.74 Å². The summed E-state index contributed by atoms with van der Waals surface area (Å²) in [6, 6.07) is 4.50. The summed E-state index contributed by atoms with van der Waals surface area (Å²) >= 11 is 0. The van der Waals surface area contributed by atoms with Gasteiger partial charge >= 0.3 is 5.97 Å². The van der Waals surface area contributed by atoms with E-state index in [-0.39, 0.29) is 23.6 Å². The molecule has 0 bridgehead atoms. The van der Waals surface area contributed by atoms with Gasteiger partial charge in [0.25, 0.3) is 5.91 Å². The number of rotatable bonds is 2. The highest BCUT2D eigenvalue weighted by molar-refractivity contribution is 5.94. The quantitative estimate of drug-likeness (QED) is 0.779. The van der Waals surface area contributed by atoms with Crippen LogP contribution in [0.3, 0.4) is 0 Å². The molecule has 1 aliphatic heterocycles. The predicted octanol–water partition coefficient (Wildman–Crippen LogP) is 2.16. The smallest absolute Gasteiger partial charge is 0.308 e. The molecule has 0 radical (unpaired) electrons. The molecule has 5 heteroatoms. The zero-order valence-electron chi connectivity index (χ0n) is 11.7. The number of halogens is 1. The second-order valence-corrected chi connectivity index (χ2v) is 5.05. The van der Waals surface area contributed by atoms with Crippen molar-refractivity contribution in [3.63, 3.8) is 0 Å². The van der Waals surface area contributed by atoms with Gasteiger partial charge in [0.05, 0.1) is 13.0 Å². The van der Waals surface area contributed by atoms with Crippen molar-refractivity contribution in [2.75, 3.05) is 20.2 Å². The van der Waals surface area contributed by atoms with E-state index in [0.717, 1.165) is 0 Å². The van der Waals surface area contributed by atoms with Crippen LogP contribution in [-0.4, -0.2) is 37.0 Å². The molecule has 1 heterocycles. The number of amides is 1. The van der Waals surface area contributed by atoms with E-state index in [9.17, 15) is 14.0 Å². The summed E-state index contributed by atoms with van der Waals surface area (Å²) < 4.78 is 18.2. The predicted molar refractivity (Wildman–Crippen MR) is 71.8 cm³/mol. The Balaban J connectivity index is 2.01. The fourth-order valence-corrected chi connectivity index (χ4v) is 2.39. The van der Waals surface area contributed by atoms with Crippen LogP contribution >= 0.6 is 0 Å². The molecule has 108 valence electrons. The van der Waals surface area contributed by atoms with Gasteiger partial charge in [0.15, 0.2) is 0 Å². The minimum absolute atomic E-state index is 0.140. The molecule has 0 aromatic heterocycles. The Hall–Kier alpha value is -1.91. The molecule has 1 fully saturated rings. The SMILES string of the molecule is COC(=O)C1CCN(C(=O)c2ccc(C)c(F)c2)CC1. The highest BCUT2D eigenvalue weighted by Crippen LogP contribution is 2.20. The second-order valence-electron chi connectivity index (χ2n) is 5.05. The first-order chi connectivity index (χ1) is 9.52. The van der Waals surface area contributed by atoms with Crippen molar-refractivity contribution in [1.29, 1.82) is 0 Å². The molecular weight excluding hydrogens is 261 g/mol. The first-order valence-electron chi connectivity index (χ1n) is 6.66. The Kier molecular flexibility index (Phi) is 4.37. The number of likely N-dealkylation sites (tertiary alicyclic amines) is 1. The molecule has 0 aliphatic carbocycles. The molecule has 1 aromatic rings. The van der Waals surface area contributed by atoms with E-state index >= 15 is 0 Å². The van der Waals surface area contributed by atoms with E-state index < -0.39 is 0 Å². The molecule has 4 nitrogen and oxygen atoms in total. The average molecular weight is 279 g/mol. The standard InChI is InChI=1S/C15H18FNO3/c1-10-3-4-12(9-13(10)16)14(18)17-7-5-11(6-8-17)15(19)20-2/h3-4,9,11H,5-8H2,1-2H3. The maximum absolute atomic E-state index is 13.5. The molecule has 0 saturated carbocycles. The van der Waals surface area contributed by atoms with Gasteiger partial charge in [0, 0.05) is 18.7 Å². The molecule has 0 atom stereocenters. The third kappa shape index (κ3) is 2.98. The first kappa shape index (κ1) is 14.5. The third-order valence-electron chi connectivity index (χ3n) is 3.74. The number of nitrogens with zero attached hydrogens (tertiary/aromatic N) is 1. The van der Waals surface area contributed by atoms with Crippen molar-refractivity contribution in [2.45, 2.75) is 19.8 Å². The molecule has 0 unspecified atom stereocenters. The average Bonchev–Trinajstić information content (AvgIpc) is 2.48. The Bertz CT molecular complexity index is 522. The number of piperidine rings is 1. The number of carbonyl (C=O) groups excluding carboxylic acids is 2. The summed E-state index contributed by atoms with van der Waals surface area (Å²) in [4.78, 5) is 25.3. The molecule has 0 spiro atoms. The van der Waals surface area contributed by atoms with Crippen molar-refractivity contribution < 1.29 is 18.7 Å². The van der Waals surface area contributed by atoms with E-state index in [1.807, 2.05) is 0 Å². The van der Waals surface area contributed by atoms with Gasteiger partial charge in [0.2, 0.25) is 0 Å². The highest BCUT2D eigenvalue weighted by atomic mass is 19.1. The number of methoxy groups -OCH3 is 1. The first-order valence-corrected chi connectivity index (χ1v) is 6.66. The molecule has 1 aliphatic rings. The molecule has 2 rings (SSSR count). The van der Waals surface area contributed by atoms with Crippen LogP contribution in [0.4, 0.5) is 4.39 Å². The maximum atomic E-state index is 13.5. The van der Waals surface area contributed by atoms with Gasteiger partial charge in [-0.05, 0) is 37.5 Å². The number of carbonyl (C=O) groups is 2. The van der Waals surface area contributed by atoms with Crippen LogP contribution in [0.15, 0.2) is 18.2 Å². The van der Waals surface area contributed by atoms with Crippen LogP contribution in [0, 0.1) is 18.7 Å². The van der Waals surface area contributed by atoms with E-state index in [1.165, 1.54) is 13.2 Å². The zero-order valence-corrected chi connectivity index (χ0v) is 11.7. The number of ether oxygens (including phenoxy) is 1. The lowest BCUT2D eigenvalue weighted by Gasteiger charge is -2.30. The van der Waals surface area contributed by atoms with Crippen molar-refractivity contribution in [2.24, 2.45) is 5.92 Å². The number of aryl methyl sites for hydroxylation is 1. The third-order valence-corrected chi connectivity index (χ3v) is 3.74. The summed E-state index contributed by atoms with van der Waals surface area (Å²) in [6.07, 6.45) is 1.18. The van der Waals surface area contributed by atoms with Gasteiger partial charge in [-0.15, -0.1) is 0 Å². The van der Waals surface area contributed by atoms with Crippen molar-refractivity contribution in [3.05, 3.63) is 35.1 Å². The van der Waals surface area contributed by atoms with Crippen molar-refractivity contribution >= 4 is 11.9 Å². The Labute approximate surface area is 117 Å². The lowest BCUT2D eigenvalue weighted by atomic mass is 9.96. The van der Waals surface area contributed by atoms with E-state index in [1.54, 1.807) is 24.0 Å². The van der Waals surface area contributed by atoms with E-state index in [0.29, 0.717) is 37.1 Å². The summed E-state index contributed by atoms with van der Waals surface area (Å²) in [6.45, 7) is 2.65. The largest absolute Gasteiger partial charge is 0.469 e.